The number of benzene rings is 1. The lowest BCUT2D eigenvalue weighted by atomic mass is 10.1. The van der Waals surface area contributed by atoms with E-state index in [2.05, 4.69) is 17.7 Å². The summed E-state index contributed by atoms with van der Waals surface area (Å²) < 4.78 is 2.09. The summed E-state index contributed by atoms with van der Waals surface area (Å²) in [6.07, 6.45) is 2.06. The number of aromatic nitrogens is 1. The number of nitrogens with zero attached hydrogens (tertiary/aromatic N) is 1. The Balaban J connectivity index is 2.92. The molecule has 2 rings (SSSR count). The van der Waals surface area contributed by atoms with Crippen LogP contribution in [0.4, 0.5) is 0 Å². The lowest BCUT2D eigenvalue weighted by Gasteiger charge is -2.05. The fraction of sp³-hybridized carbons (Fsp3) is 0.333. The van der Waals surface area contributed by atoms with Crippen molar-refractivity contribution in [3.05, 3.63) is 34.5 Å². The molecule has 0 amide bonds. The summed E-state index contributed by atoms with van der Waals surface area (Å²) >= 11 is 6.22. The SMILES string of the molecule is Cc1ccc(Cl)c2c(C(C)N)cn(C)c12. The minimum Gasteiger partial charge on any atom is -0.350 e. The molecule has 1 heterocycles. The van der Waals surface area contributed by atoms with Gasteiger partial charge in [-0.1, -0.05) is 17.7 Å². The zero-order valence-electron chi connectivity index (χ0n) is 9.21. The van der Waals surface area contributed by atoms with Gasteiger partial charge in [0.05, 0.1) is 10.5 Å². The summed E-state index contributed by atoms with van der Waals surface area (Å²) in [5.41, 5.74) is 9.45. The maximum absolute atomic E-state index is 6.22. The van der Waals surface area contributed by atoms with Gasteiger partial charge in [0.25, 0.3) is 0 Å². The Morgan fingerprint density at radius 2 is 2.07 bits per heavy atom. The molecule has 80 valence electrons. The quantitative estimate of drug-likeness (QED) is 0.790. The van der Waals surface area contributed by atoms with Gasteiger partial charge < -0.3 is 10.3 Å². The molecule has 1 aromatic heterocycles. The average Bonchev–Trinajstić information content (AvgIpc) is 2.51. The Kier molecular flexibility index (Phi) is 2.49. The minimum absolute atomic E-state index is 0.00741. The summed E-state index contributed by atoms with van der Waals surface area (Å²) in [5, 5.41) is 1.87. The molecule has 0 aliphatic carbocycles. The highest BCUT2D eigenvalue weighted by molar-refractivity contribution is 6.35. The zero-order valence-corrected chi connectivity index (χ0v) is 9.97. The van der Waals surface area contributed by atoms with E-state index in [1.54, 1.807) is 0 Å². The Morgan fingerprint density at radius 3 is 2.67 bits per heavy atom. The number of rotatable bonds is 1. The second kappa shape index (κ2) is 3.54. The summed E-state index contributed by atoms with van der Waals surface area (Å²) in [6, 6.07) is 3.98. The highest BCUT2D eigenvalue weighted by Crippen LogP contribution is 2.32. The predicted molar refractivity (Wildman–Crippen MR) is 65.3 cm³/mol. The Bertz CT molecular complexity index is 512. The molecule has 15 heavy (non-hydrogen) atoms. The molecular formula is C12H15ClN2. The Hall–Kier alpha value is -0.990. The van der Waals surface area contributed by atoms with Gasteiger partial charge in [0.2, 0.25) is 0 Å². The first kappa shape index (κ1) is 10.5. The molecule has 0 saturated heterocycles. The third-order valence-corrected chi connectivity index (χ3v) is 3.11. The molecule has 0 fully saturated rings. The van der Waals surface area contributed by atoms with Gasteiger partial charge in [-0.05, 0) is 31.0 Å². The first-order chi connectivity index (χ1) is 7.02. The van der Waals surface area contributed by atoms with Gasteiger partial charge in [-0.15, -0.1) is 0 Å². The summed E-state index contributed by atoms with van der Waals surface area (Å²) in [6.45, 7) is 4.07. The lowest BCUT2D eigenvalue weighted by molar-refractivity contribution is 0.815. The molecule has 0 radical (unpaired) electrons. The third kappa shape index (κ3) is 1.54. The minimum atomic E-state index is 0.00741. The van der Waals surface area contributed by atoms with Gasteiger partial charge in [0, 0.05) is 24.7 Å². The van der Waals surface area contributed by atoms with Crippen LogP contribution in [-0.2, 0) is 7.05 Å². The van der Waals surface area contributed by atoms with Gasteiger partial charge in [0.15, 0.2) is 0 Å². The third-order valence-electron chi connectivity index (χ3n) is 2.79. The molecule has 0 spiro atoms. The zero-order chi connectivity index (χ0) is 11.2. The molecule has 1 aromatic carbocycles. The van der Waals surface area contributed by atoms with Crippen molar-refractivity contribution in [3.8, 4) is 0 Å². The number of hydrogen-bond donors (Lipinski definition) is 1. The van der Waals surface area contributed by atoms with Crippen molar-refractivity contribution in [1.29, 1.82) is 0 Å². The van der Waals surface area contributed by atoms with Crippen molar-refractivity contribution in [2.75, 3.05) is 0 Å². The lowest BCUT2D eigenvalue weighted by Crippen LogP contribution is -2.04. The first-order valence-corrected chi connectivity index (χ1v) is 5.39. The standard InChI is InChI=1S/C12H15ClN2/c1-7-4-5-10(13)11-9(8(2)14)6-15(3)12(7)11/h4-6,8H,14H2,1-3H3. The number of hydrogen-bond acceptors (Lipinski definition) is 1. The molecule has 1 unspecified atom stereocenters. The van der Waals surface area contributed by atoms with Crippen LogP contribution in [-0.4, -0.2) is 4.57 Å². The summed E-state index contributed by atoms with van der Waals surface area (Å²) in [5.74, 6) is 0. The van der Waals surface area contributed by atoms with E-state index < -0.39 is 0 Å². The van der Waals surface area contributed by atoms with Gasteiger partial charge >= 0.3 is 0 Å². The topological polar surface area (TPSA) is 30.9 Å². The van der Waals surface area contributed by atoms with E-state index in [1.807, 2.05) is 26.1 Å². The van der Waals surface area contributed by atoms with E-state index >= 15 is 0 Å². The van der Waals surface area contributed by atoms with Crippen LogP contribution in [0.15, 0.2) is 18.3 Å². The van der Waals surface area contributed by atoms with Crippen LogP contribution in [0.5, 0.6) is 0 Å². The van der Waals surface area contributed by atoms with E-state index in [-0.39, 0.29) is 6.04 Å². The number of aryl methyl sites for hydroxylation is 2. The highest BCUT2D eigenvalue weighted by atomic mass is 35.5. The molecule has 0 aliphatic rings. The van der Waals surface area contributed by atoms with Crippen LogP contribution >= 0.6 is 11.6 Å². The van der Waals surface area contributed by atoms with Gasteiger partial charge in [-0.25, -0.2) is 0 Å². The molecule has 1 atom stereocenters. The smallest absolute Gasteiger partial charge is 0.0525 e. The molecular weight excluding hydrogens is 208 g/mol. The summed E-state index contributed by atoms with van der Waals surface area (Å²) in [4.78, 5) is 0. The fourth-order valence-electron chi connectivity index (χ4n) is 2.08. The van der Waals surface area contributed by atoms with Crippen LogP contribution < -0.4 is 5.73 Å². The van der Waals surface area contributed by atoms with Crippen molar-refractivity contribution in [1.82, 2.24) is 4.57 Å². The normalized spacial score (nSPS) is 13.4. The maximum Gasteiger partial charge on any atom is 0.0525 e. The molecule has 2 nitrogen and oxygen atoms in total. The monoisotopic (exact) mass is 222 g/mol. The van der Waals surface area contributed by atoms with E-state index in [9.17, 15) is 0 Å². The predicted octanol–water partition coefficient (Wildman–Crippen LogP) is 3.16. The van der Waals surface area contributed by atoms with Crippen LogP contribution in [0.2, 0.25) is 5.02 Å². The van der Waals surface area contributed by atoms with Gasteiger partial charge in [-0.2, -0.15) is 0 Å². The largest absolute Gasteiger partial charge is 0.350 e. The number of fused-ring (bicyclic) bond motifs is 1. The van der Waals surface area contributed by atoms with Crippen LogP contribution in [0, 0.1) is 6.92 Å². The second-order valence-electron chi connectivity index (χ2n) is 4.07. The van der Waals surface area contributed by atoms with E-state index in [4.69, 9.17) is 17.3 Å². The van der Waals surface area contributed by atoms with Gasteiger partial charge in [0.1, 0.15) is 0 Å². The van der Waals surface area contributed by atoms with Crippen molar-refractivity contribution >= 4 is 22.5 Å². The Morgan fingerprint density at radius 1 is 1.40 bits per heavy atom. The number of halogens is 1. The van der Waals surface area contributed by atoms with E-state index in [1.165, 1.54) is 11.1 Å². The molecule has 3 heteroatoms. The fourth-order valence-corrected chi connectivity index (χ4v) is 2.34. The van der Waals surface area contributed by atoms with Crippen molar-refractivity contribution < 1.29 is 0 Å². The molecule has 0 bridgehead atoms. The maximum atomic E-state index is 6.22. The van der Waals surface area contributed by atoms with Crippen LogP contribution in [0.1, 0.15) is 24.1 Å². The van der Waals surface area contributed by atoms with Gasteiger partial charge in [-0.3, -0.25) is 0 Å². The van der Waals surface area contributed by atoms with Crippen molar-refractivity contribution in [2.24, 2.45) is 12.8 Å². The Labute approximate surface area is 94.6 Å². The van der Waals surface area contributed by atoms with Crippen molar-refractivity contribution in [3.63, 3.8) is 0 Å². The first-order valence-electron chi connectivity index (χ1n) is 5.02. The molecule has 0 saturated carbocycles. The summed E-state index contributed by atoms with van der Waals surface area (Å²) in [7, 11) is 2.03. The van der Waals surface area contributed by atoms with Crippen molar-refractivity contribution in [2.45, 2.75) is 19.9 Å². The molecule has 0 aliphatic heterocycles. The molecule has 2 N–H and O–H groups in total. The van der Waals surface area contributed by atoms with Crippen LogP contribution in [0.3, 0.4) is 0 Å². The number of nitrogens with two attached hydrogens (primary N) is 1. The average molecular weight is 223 g/mol. The van der Waals surface area contributed by atoms with Crippen LogP contribution in [0.25, 0.3) is 10.9 Å². The van der Waals surface area contributed by atoms with E-state index in [0.717, 1.165) is 16.0 Å². The highest BCUT2D eigenvalue weighted by Gasteiger charge is 2.14. The van der Waals surface area contributed by atoms with E-state index in [0.29, 0.717) is 0 Å². The second-order valence-corrected chi connectivity index (χ2v) is 4.48. The molecule has 2 aromatic rings.